The zero-order chi connectivity index (χ0) is 20.6. The van der Waals surface area contributed by atoms with Gasteiger partial charge in [0.05, 0.1) is 13.3 Å². The number of ether oxygens (including phenoxy) is 2. The van der Waals surface area contributed by atoms with Gasteiger partial charge in [0.1, 0.15) is 18.1 Å². The summed E-state index contributed by atoms with van der Waals surface area (Å²) in [6.07, 6.45) is 6.87. The molecule has 3 aromatic rings. The molecule has 0 saturated heterocycles. The fourth-order valence-corrected chi connectivity index (χ4v) is 2.95. The Morgan fingerprint density at radius 1 is 1.24 bits per heavy atom. The van der Waals surface area contributed by atoms with Crippen molar-refractivity contribution in [2.24, 2.45) is 7.05 Å². The van der Waals surface area contributed by atoms with Crippen molar-refractivity contribution in [3.05, 3.63) is 82.1 Å². The quantitative estimate of drug-likeness (QED) is 0.519. The van der Waals surface area contributed by atoms with Crippen molar-refractivity contribution in [3.63, 3.8) is 0 Å². The number of hydrogen-bond donors (Lipinski definition) is 1. The number of hydrogen-bond acceptors (Lipinski definition) is 4. The van der Waals surface area contributed by atoms with Crippen LogP contribution in [0.4, 0.5) is 0 Å². The summed E-state index contributed by atoms with van der Waals surface area (Å²) in [5.74, 6) is 1.34. The van der Waals surface area contributed by atoms with Gasteiger partial charge in [0, 0.05) is 41.5 Å². The molecule has 0 spiro atoms. The highest BCUT2D eigenvalue weighted by molar-refractivity contribution is 9.10. The van der Waals surface area contributed by atoms with Crippen LogP contribution in [0.1, 0.15) is 16.7 Å². The van der Waals surface area contributed by atoms with E-state index >= 15 is 0 Å². The topological polar surface area (TPSA) is 65.4 Å². The molecule has 0 bridgehead atoms. The summed E-state index contributed by atoms with van der Waals surface area (Å²) in [4.78, 5) is 12.1. The molecule has 0 unspecified atom stereocenters. The summed E-state index contributed by atoms with van der Waals surface area (Å²) >= 11 is 3.41. The average molecular weight is 456 g/mol. The molecule has 2 aromatic carbocycles. The lowest BCUT2D eigenvalue weighted by atomic mass is 10.1. The lowest BCUT2D eigenvalue weighted by Gasteiger charge is -2.11. The molecular weight excluding hydrogens is 434 g/mol. The second-order valence-corrected chi connectivity index (χ2v) is 7.30. The van der Waals surface area contributed by atoms with Crippen molar-refractivity contribution in [2.75, 3.05) is 7.11 Å². The average Bonchev–Trinajstić information content (AvgIpc) is 3.15. The first kappa shape index (κ1) is 20.7. The molecule has 1 heterocycles. The van der Waals surface area contributed by atoms with Crippen LogP contribution < -0.4 is 14.8 Å². The summed E-state index contributed by atoms with van der Waals surface area (Å²) in [6, 6.07) is 13.4. The number of methoxy groups -OCH3 is 1. The first-order valence-electron chi connectivity index (χ1n) is 9.02. The Morgan fingerprint density at radius 3 is 2.72 bits per heavy atom. The summed E-state index contributed by atoms with van der Waals surface area (Å²) in [5.41, 5.74) is 2.73. The molecule has 7 heteroatoms. The van der Waals surface area contributed by atoms with Crippen molar-refractivity contribution >= 4 is 27.9 Å². The lowest BCUT2D eigenvalue weighted by molar-refractivity contribution is -0.116. The Labute approximate surface area is 178 Å². The Bertz CT molecular complexity index is 997. The molecular formula is C22H22BrN3O3. The van der Waals surface area contributed by atoms with Crippen LogP contribution in [0.15, 0.2) is 65.4 Å². The maximum absolute atomic E-state index is 12.1. The minimum Gasteiger partial charge on any atom is -0.496 e. The van der Waals surface area contributed by atoms with Gasteiger partial charge in [-0.1, -0.05) is 22.0 Å². The number of nitrogens with one attached hydrogen (secondary N) is 1. The molecule has 29 heavy (non-hydrogen) atoms. The van der Waals surface area contributed by atoms with Crippen LogP contribution >= 0.6 is 15.9 Å². The van der Waals surface area contributed by atoms with Gasteiger partial charge in [-0.05, 0) is 48.0 Å². The van der Waals surface area contributed by atoms with E-state index in [0.717, 1.165) is 32.7 Å². The number of nitrogens with zero attached hydrogens (tertiary/aromatic N) is 2. The van der Waals surface area contributed by atoms with Crippen molar-refractivity contribution in [1.29, 1.82) is 0 Å². The van der Waals surface area contributed by atoms with E-state index in [-0.39, 0.29) is 5.91 Å². The second kappa shape index (κ2) is 9.93. The third-order valence-electron chi connectivity index (χ3n) is 4.16. The van der Waals surface area contributed by atoms with E-state index in [1.807, 2.05) is 55.7 Å². The van der Waals surface area contributed by atoms with Crippen LogP contribution in [-0.4, -0.2) is 22.8 Å². The van der Waals surface area contributed by atoms with E-state index in [4.69, 9.17) is 9.47 Å². The van der Waals surface area contributed by atoms with E-state index in [1.165, 1.54) is 6.08 Å². The van der Waals surface area contributed by atoms with E-state index in [2.05, 4.69) is 26.3 Å². The predicted molar refractivity (Wildman–Crippen MR) is 116 cm³/mol. The Balaban J connectivity index is 1.61. The SMILES string of the molecule is COc1ccc(/C=C\C(=O)NCc2cnn(C)c2)cc1COc1ccc(Br)cc1. The Hall–Kier alpha value is -3.06. The third-order valence-corrected chi connectivity index (χ3v) is 4.69. The van der Waals surface area contributed by atoms with Gasteiger partial charge in [-0.2, -0.15) is 5.10 Å². The van der Waals surface area contributed by atoms with E-state index < -0.39 is 0 Å². The van der Waals surface area contributed by atoms with Crippen molar-refractivity contribution < 1.29 is 14.3 Å². The number of aromatic nitrogens is 2. The molecule has 3 rings (SSSR count). The van der Waals surface area contributed by atoms with Crippen LogP contribution in [0.5, 0.6) is 11.5 Å². The Morgan fingerprint density at radius 2 is 2.03 bits per heavy atom. The normalized spacial score (nSPS) is 10.9. The molecule has 1 N–H and O–H groups in total. The predicted octanol–water partition coefficient (Wildman–Crippen LogP) is 4.10. The van der Waals surface area contributed by atoms with Gasteiger partial charge in [0.2, 0.25) is 5.91 Å². The standard InChI is InChI=1S/C22H22BrN3O3/c1-26-14-17(13-25-26)12-24-22(27)10-4-16-3-9-21(28-2)18(11-16)15-29-20-7-5-19(23)6-8-20/h3-11,13-14H,12,15H2,1-2H3,(H,24,27)/b10-4-. The molecule has 0 radical (unpaired) electrons. The first-order chi connectivity index (χ1) is 14.0. The fraction of sp³-hybridized carbons (Fsp3) is 0.182. The second-order valence-electron chi connectivity index (χ2n) is 6.39. The minimum atomic E-state index is -0.169. The Kier molecular flexibility index (Phi) is 7.08. The molecule has 0 saturated carbocycles. The van der Waals surface area contributed by atoms with Crippen molar-refractivity contribution in [2.45, 2.75) is 13.2 Å². The van der Waals surface area contributed by atoms with E-state index in [0.29, 0.717) is 13.2 Å². The smallest absolute Gasteiger partial charge is 0.244 e. The van der Waals surface area contributed by atoms with Crippen LogP contribution in [-0.2, 0) is 25.0 Å². The zero-order valence-electron chi connectivity index (χ0n) is 16.3. The maximum atomic E-state index is 12.1. The van der Waals surface area contributed by atoms with Crippen molar-refractivity contribution in [1.82, 2.24) is 15.1 Å². The maximum Gasteiger partial charge on any atom is 0.244 e. The van der Waals surface area contributed by atoms with Gasteiger partial charge in [0.25, 0.3) is 0 Å². The monoisotopic (exact) mass is 455 g/mol. The molecule has 0 aliphatic rings. The van der Waals surface area contributed by atoms with E-state index in [1.54, 1.807) is 24.1 Å². The summed E-state index contributed by atoms with van der Waals surface area (Å²) < 4.78 is 14.0. The van der Waals surface area contributed by atoms with Gasteiger partial charge in [-0.3, -0.25) is 9.48 Å². The molecule has 0 atom stereocenters. The van der Waals surface area contributed by atoms with Gasteiger partial charge in [0.15, 0.2) is 0 Å². The molecule has 6 nitrogen and oxygen atoms in total. The molecule has 150 valence electrons. The number of halogens is 1. The number of amides is 1. The highest BCUT2D eigenvalue weighted by Crippen LogP contribution is 2.23. The number of aryl methyl sites for hydroxylation is 1. The molecule has 1 aromatic heterocycles. The number of benzene rings is 2. The lowest BCUT2D eigenvalue weighted by Crippen LogP contribution is -2.19. The van der Waals surface area contributed by atoms with Gasteiger partial charge < -0.3 is 14.8 Å². The number of rotatable bonds is 8. The van der Waals surface area contributed by atoms with E-state index in [9.17, 15) is 4.79 Å². The summed E-state index contributed by atoms with van der Waals surface area (Å²) in [5, 5.41) is 6.92. The van der Waals surface area contributed by atoms with Gasteiger partial charge >= 0.3 is 0 Å². The first-order valence-corrected chi connectivity index (χ1v) is 9.81. The highest BCUT2D eigenvalue weighted by atomic mass is 79.9. The van der Waals surface area contributed by atoms with Crippen molar-refractivity contribution in [3.8, 4) is 11.5 Å². The summed E-state index contributed by atoms with van der Waals surface area (Å²) in [7, 11) is 3.47. The summed E-state index contributed by atoms with van der Waals surface area (Å²) in [6.45, 7) is 0.797. The van der Waals surface area contributed by atoms with Crippen LogP contribution in [0.25, 0.3) is 6.08 Å². The fourth-order valence-electron chi connectivity index (χ4n) is 2.69. The van der Waals surface area contributed by atoms with Crippen LogP contribution in [0.2, 0.25) is 0 Å². The number of carbonyl (C=O) groups excluding carboxylic acids is 1. The third kappa shape index (κ3) is 6.22. The molecule has 0 aliphatic heterocycles. The zero-order valence-corrected chi connectivity index (χ0v) is 17.8. The van der Waals surface area contributed by atoms with Crippen LogP contribution in [0, 0.1) is 0 Å². The minimum absolute atomic E-state index is 0.169. The van der Waals surface area contributed by atoms with Crippen LogP contribution in [0.3, 0.4) is 0 Å². The highest BCUT2D eigenvalue weighted by Gasteiger charge is 2.06. The van der Waals surface area contributed by atoms with Gasteiger partial charge in [-0.15, -0.1) is 0 Å². The van der Waals surface area contributed by atoms with Gasteiger partial charge in [-0.25, -0.2) is 0 Å². The molecule has 0 aliphatic carbocycles. The molecule has 0 fully saturated rings. The largest absolute Gasteiger partial charge is 0.496 e. The molecule has 1 amide bonds. The number of carbonyl (C=O) groups is 1.